The lowest BCUT2D eigenvalue weighted by Crippen LogP contribution is -2.19. The second-order valence-electron chi connectivity index (χ2n) is 1.89. The van der Waals surface area contributed by atoms with E-state index in [0.717, 1.165) is 0 Å². The first-order chi connectivity index (χ1) is 3.93. The molecule has 0 aromatic rings. The molecule has 0 bridgehead atoms. The third-order valence-electron chi connectivity index (χ3n) is 1.10. The van der Waals surface area contributed by atoms with Gasteiger partial charge in [-0.1, -0.05) is 0 Å². The van der Waals surface area contributed by atoms with Crippen LogP contribution in [0.2, 0.25) is 0 Å². The second-order valence-corrected chi connectivity index (χ2v) is 1.89. The monoisotopic (exact) mass is 115 g/mol. The molecule has 1 aliphatic rings. The Morgan fingerprint density at radius 2 is 2.50 bits per heavy atom. The first-order valence-electron chi connectivity index (χ1n) is 2.72. The fourth-order valence-electron chi connectivity index (χ4n) is 0.487. The van der Waals surface area contributed by atoms with Crippen molar-refractivity contribution in [1.82, 2.24) is 5.32 Å². The van der Waals surface area contributed by atoms with Gasteiger partial charge in [0.05, 0.1) is 0 Å². The van der Waals surface area contributed by atoms with E-state index >= 15 is 0 Å². The number of carbonyl (C=O) groups excluding carboxylic acids is 1. The van der Waals surface area contributed by atoms with Gasteiger partial charge < -0.3 is 4.74 Å². The summed E-state index contributed by atoms with van der Waals surface area (Å²) < 4.78 is 4.39. The minimum absolute atomic E-state index is 0.369. The Balaban J connectivity index is 1.80. The number of hydrogen-bond donors (Lipinski definition) is 1. The summed E-state index contributed by atoms with van der Waals surface area (Å²) in [4.78, 5) is 9.54. The number of nitrogens with one attached hydrogen (secondary N) is 1. The quantitative estimate of drug-likeness (QED) is 0.315. The van der Waals surface area contributed by atoms with Gasteiger partial charge in [-0.2, -0.15) is 0 Å². The van der Waals surface area contributed by atoms with E-state index in [1.807, 2.05) is 0 Å². The van der Waals surface area contributed by atoms with Crippen molar-refractivity contribution in [2.24, 2.45) is 0 Å². The van der Waals surface area contributed by atoms with Gasteiger partial charge >= 0.3 is 0 Å². The molecule has 0 spiro atoms. The number of ether oxygens (including phenoxy) is 1. The molecule has 0 saturated heterocycles. The number of carbonyl (C=O) groups is 1. The van der Waals surface area contributed by atoms with Gasteiger partial charge in [0.25, 0.3) is 6.47 Å². The Kier molecular flexibility index (Phi) is 1.86. The standard InChI is InChI=1S/C5H9NO2/c7-4-8-3-6-5-1-2-5/h4-6H,1-3H2. The maximum absolute atomic E-state index is 9.54. The van der Waals surface area contributed by atoms with Crippen LogP contribution >= 0.6 is 0 Å². The average molecular weight is 115 g/mol. The van der Waals surface area contributed by atoms with Crippen molar-refractivity contribution in [3.8, 4) is 0 Å². The molecule has 1 aliphatic carbocycles. The van der Waals surface area contributed by atoms with E-state index in [9.17, 15) is 4.79 Å². The minimum Gasteiger partial charge on any atom is -0.452 e. The fourth-order valence-corrected chi connectivity index (χ4v) is 0.487. The molecule has 0 aliphatic heterocycles. The molecule has 1 saturated carbocycles. The van der Waals surface area contributed by atoms with E-state index in [-0.39, 0.29) is 0 Å². The summed E-state index contributed by atoms with van der Waals surface area (Å²) in [5.74, 6) is 0. The highest BCUT2D eigenvalue weighted by molar-refractivity contribution is 5.36. The first-order valence-corrected chi connectivity index (χ1v) is 2.72. The van der Waals surface area contributed by atoms with Gasteiger partial charge in [0, 0.05) is 6.04 Å². The number of hydrogen-bond acceptors (Lipinski definition) is 3. The maximum Gasteiger partial charge on any atom is 0.294 e. The molecule has 0 amide bonds. The summed E-state index contributed by atoms with van der Waals surface area (Å²) in [5.41, 5.74) is 0. The summed E-state index contributed by atoms with van der Waals surface area (Å²) in [6, 6.07) is 0.620. The Morgan fingerprint density at radius 1 is 1.75 bits per heavy atom. The third kappa shape index (κ3) is 1.93. The van der Waals surface area contributed by atoms with Gasteiger partial charge in [0.2, 0.25) is 0 Å². The smallest absolute Gasteiger partial charge is 0.294 e. The van der Waals surface area contributed by atoms with E-state index in [1.165, 1.54) is 12.8 Å². The fraction of sp³-hybridized carbons (Fsp3) is 0.800. The molecule has 1 rings (SSSR count). The van der Waals surface area contributed by atoms with Crippen molar-refractivity contribution in [3.63, 3.8) is 0 Å². The summed E-state index contributed by atoms with van der Waals surface area (Å²) in [7, 11) is 0. The van der Waals surface area contributed by atoms with Gasteiger partial charge in [-0.3, -0.25) is 10.1 Å². The Hall–Kier alpha value is -0.570. The summed E-state index contributed by atoms with van der Waals surface area (Å²) in [5, 5.41) is 3.00. The maximum atomic E-state index is 9.54. The van der Waals surface area contributed by atoms with Crippen molar-refractivity contribution >= 4 is 6.47 Å². The lowest BCUT2D eigenvalue weighted by molar-refractivity contribution is -0.129. The largest absolute Gasteiger partial charge is 0.452 e. The van der Waals surface area contributed by atoms with E-state index in [2.05, 4.69) is 10.1 Å². The minimum atomic E-state index is 0.369. The topological polar surface area (TPSA) is 38.3 Å². The van der Waals surface area contributed by atoms with E-state index in [1.54, 1.807) is 0 Å². The Bertz CT molecular complexity index is 80.5. The van der Waals surface area contributed by atoms with Crippen LogP contribution in [0.5, 0.6) is 0 Å². The van der Waals surface area contributed by atoms with Crippen molar-refractivity contribution in [2.75, 3.05) is 6.73 Å². The van der Waals surface area contributed by atoms with Crippen LogP contribution in [0.4, 0.5) is 0 Å². The normalized spacial score (nSPS) is 18.0. The van der Waals surface area contributed by atoms with Crippen LogP contribution in [0.25, 0.3) is 0 Å². The van der Waals surface area contributed by atoms with Gasteiger partial charge in [-0.25, -0.2) is 0 Å². The molecule has 0 heterocycles. The lowest BCUT2D eigenvalue weighted by atomic mass is 10.7. The van der Waals surface area contributed by atoms with E-state index < -0.39 is 0 Å². The molecule has 1 fully saturated rings. The summed E-state index contributed by atoms with van der Waals surface area (Å²) >= 11 is 0. The predicted molar refractivity (Wildman–Crippen MR) is 28.2 cm³/mol. The molecule has 46 valence electrons. The molecule has 3 heteroatoms. The van der Waals surface area contributed by atoms with Crippen LogP contribution in [0.15, 0.2) is 0 Å². The highest BCUT2D eigenvalue weighted by atomic mass is 16.5. The zero-order valence-electron chi connectivity index (χ0n) is 4.59. The molecular formula is C5H9NO2. The van der Waals surface area contributed by atoms with Crippen LogP contribution in [-0.2, 0) is 9.53 Å². The van der Waals surface area contributed by atoms with Gasteiger partial charge in [-0.15, -0.1) is 0 Å². The van der Waals surface area contributed by atoms with Crippen molar-refractivity contribution in [3.05, 3.63) is 0 Å². The summed E-state index contributed by atoms with van der Waals surface area (Å²) in [6.45, 7) is 0.823. The van der Waals surface area contributed by atoms with Crippen molar-refractivity contribution in [1.29, 1.82) is 0 Å². The Morgan fingerprint density at radius 3 is 3.00 bits per heavy atom. The molecule has 0 aromatic heterocycles. The zero-order chi connectivity index (χ0) is 5.82. The SMILES string of the molecule is O=COCNC1CC1. The van der Waals surface area contributed by atoms with Crippen LogP contribution in [0, 0.1) is 0 Å². The van der Waals surface area contributed by atoms with E-state index in [4.69, 9.17) is 0 Å². The highest BCUT2D eigenvalue weighted by Gasteiger charge is 2.19. The van der Waals surface area contributed by atoms with Crippen molar-refractivity contribution in [2.45, 2.75) is 18.9 Å². The predicted octanol–water partition coefficient (Wildman–Crippen LogP) is -0.131. The van der Waals surface area contributed by atoms with Gasteiger partial charge in [0.15, 0.2) is 0 Å². The number of rotatable bonds is 4. The average Bonchev–Trinajstić information content (AvgIpc) is 2.51. The Labute approximate surface area is 48.0 Å². The first kappa shape index (κ1) is 5.56. The molecule has 0 radical (unpaired) electrons. The molecule has 0 atom stereocenters. The van der Waals surface area contributed by atoms with Crippen LogP contribution < -0.4 is 5.32 Å². The molecule has 3 nitrogen and oxygen atoms in total. The molecule has 1 N–H and O–H groups in total. The highest BCUT2D eigenvalue weighted by Crippen LogP contribution is 2.17. The van der Waals surface area contributed by atoms with Crippen LogP contribution in [0.3, 0.4) is 0 Å². The van der Waals surface area contributed by atoms with Gasteiger partial charge in [0.1, 0.15) is 6.73 Å². The summed E-state index contributed by atoms with van der Waals surface area (Å²) in [6.07, 6.45) is 2.45. The lowest BCUT2D eigenvalue weighted by Gasteiger charge is -1.96. The molecular weight excluding hydrogens is 106 g/mol. The molecule has 0 aromatic carbocycles. The third-order valence-corrected chi connectivity index (χ3v) is 1.10. The van der Waals surface area contributed by atoms with Crippen LogP contribution in [-0.4, -0.2) is 19.2 Å². The van der Waals surface area contributed by atoms with E-state index in [0.29, 0.717) is 19.2 Å². The second kappa shape index (κ2) is 2.67. The zero-order valence-corrected chi connectivity index (χ0v) is 4.59. The molecule has 8 heavy (non-hydrogen) atoms. The van der Waals surface area contributed by atoms with Crippen molar-refractivity contribution < 1.29 is 9.53 Å². The van der Waals surface area contributed by atoms with Gasteiger partial charge in [-0.05, 0) is 12.8 Å². The molecule has 0 unspecified atom stereocenters. The van der Waals surface area contributed by atoms with Crippen LogP contribution in [0.1, 0.15) is 12.8 Å².